The molecule has 2 aromatic heterocycles. The summed E-state index contributed by atoms with van der Waals surface area (Å²) in [7, 11) is 3.52. The van der Waals surface area contributed by atoms with Crippen LogP contribution >= 0.6 is 0 Å². The Morgan fingerprint density at radius 2 is 1.78 bits per heavy atom. The zero-order chi connectivity index (χ0) is 25.7. The Labute approximate surface area is 216 Å². The fourth-order valence-corrected chi connectivity index (χ4v) is 6.33. The summed E-state index contributed by atoms with van der Waals surface area (Å²) in [5, 5.41) is 15.1. The predicted octanol–water partition coefficient (Wildman–Crippen LogP) is 4.21. The van der Waals surface area contributed by atoms with Crippen LogP contribution in [-0.4, -0.2) is 60.0 Å². The molecule has 194 valence electrons. The van der Waals surface area contributed by atoms with E-state index >= 15 is 0 Å². The van der Waals surface area contributed by atoms with E-state index in [2.05, 4.69) is 44.5 Å². The van der Waals surface area contributed by atoms with Crippen LogP contribution in [0, 0.1) is 17.7 Å². The van der Waals surface area contributed by atoms with Crippen LogP contribution in [0.5, 0.6) is 5.88 Å². The van der Waals surface area contributed by atoms with E-state index in [0.717, 1.165) is 61.0 Å². The number of ether oxygens (including phenoxy) is 1. The van der Waals surface area contributed by atoms with Crippen LogP contribution in [0.4, 0.5) is 33.3 Å². The minimum absolute atomic E-state index is 0.162. The smallest absolute Gasteiger partial charge is 0.235 e. The van der Waals surface area contributed by atoms with Gasteiger partial charge in [-0.15, -0.1) is 5.10 Å². The quantitative estimate of drug-likeness (QED) is 0.512. The SMILES string of the molecule is CNc1nc(N[C@@H]2[C@@H]3CC[C@H]2CN(c2cnnc(OC)c2)C3)nc2c1C(C)(C)CN2c1ccc(F)cc1. The second-order valence-electron chi connectivity index (χ2n) is 10.9. The number of anilines is 5. The average molecular weight is 505 g/mol. The third-order valence-electron chi connectivity index (χ3n) is 8.07. The van der Waals surface area contributed by atoms with Gasteiger partial charge in [0.1, 0.15) is 17.5 Å². The lowest BCUT2D eigenvalue weighted by molar-refractivity contribution is 0.373. The van der Waals surface area contributed by atoms with Crippen LogP contribution in [0.15, 0.2) is 36.5 Å². The summed E-state index contributed by atoms with van der Waals surface area (Å²) in [5.74, 6) is 3.57. The normalized spacial score (nSPS) is 23.6. The van der Waals surface area contributed by atoms with Gasteiger partial charge in [0.15, 0.2) is 0 Å². The molecule has 6 rings (SSSR count). The van der Waals surface area contributed by atoms with Crippen LogP contribution in [0.2, 0.25) is 0 Å². The van der Waals surface area contributed by atoms with Gasteiger partial charge in [0.2, 0.25) is 11.8 Å². The zero-order valence-electron chi connectivity index (χ0n) is 21.7. The fraction of sp³-hybridized carbons (Fsp3) is 0.481. The summed E-state index contributed by atoms with van der Waals surface area (Å²) in [4.78, 5) is 14.5. The van der Waals surface area contributed by atoms with Gasteiger partial charge in [-0.3, -0.25) is 0 Å². The van der Waals surface area contributed by atoms with Crippen molar-refractivity contribution in [3.05, 3.63) is 47.9 Å². The van der Waals surface area contributed by atoms with Crippen molar-refractivity contribution in [1.82, 2.24) is 20.2 Å². The summed E-state index contributed by atoms with van der Waals surface area (Å²) in [6, 6.07) is 8.87. The summed E-state index contributed by atoms with van der Waals surface area (Å²) in [6.45, 7) is 7.01. The van der Waals surface area contributed by atoms with E-state index in [4.69, 9.17) is 14.7 Å². The highest BCUT2D eigenvalue weighted by Gasteiger charge is 2.44. The lowest BCUT2D eigenvalue weighted by Crippen LogP contribution is -2.48. The van der Waals surface area contributed by atoms with Crippen LogP contribution in [0.3, 0.4) is 0 Å². The zero-order valence-corrected chi connectivity index (χ0v) is 21.7. The Balaban J connectivity index is 1.28. The largest absolute Gasteiger partial charge is 0.480 e. The lowest BCUT2D eigenvalue weighted by Gasteiger charge is -2.39. The first-order valence-corrected chi connectivity index (χ1v) is 12.9. The molecule has 3 atom stereocenters. The molecule has 1 saturated carbocycles. The molecule has 0 unspecified atom stereocenters. The van der Waals surface area contributed by atoms with Crippen LogP contribution in [0.25, 0.3) is 0 Å². The molecule has 3 aromatic rings. The minimum Gasteiger partial charge on any atom is -0.480 e. The molecule has 1 saturated heterocycles. The molecule has 2 N–H and O–H groups in total. The molecule has 3 aliphatic rings. The number of halogens is 1. The molecule has 0 amide bonds. The Hall–Kier alpha value is -3.69. The molecular formula is C27H33FN8O. The Bertz CT molecular complexity index is 1290. The van der Waals surface area contributed by atoms with Gasteiger partial charge in [-0.25, -0.2) is 4.39 Å². The first kappa shape index (κ1) is 23.7. The summed E-state index contributed by atoms with van der Waals surface area (Å²) < 4.78 is 18.9. The summed E-state index contributed by atoms with van der Waals surface area (Å²) in [6.07, 6.45) is 4.13. The first-order valence-electron chi connectivity index (χ1n) is 12.9. The van der Waals surface area contributed by atoms with Crippen molar-refractivity contribution in [3.8, 4) is 5.88 Å². The van der Waals surface area contributed by atoms with Crippen molar-refractivity contribution in [2.24, 2.45) is 11.8 Å². The number of hydrogen-bond donors (Lipinski definition) is 2. The van der Waals surface area contributed by atoms with E-state index in [0.29, 0.717) is 29.7 Å². The topological polar surface area (TPSA) is 91.3 Å². The minimum atomic E-state index is -0.244. The predicted molar refractivity (Wildman–Crippen MR) is 142 cm³/mol. The van der Waals surface area contributed by atoms with Gasteiger partial charge >= 0.3 is 0 Å². The molecule has 2 fully saturated rings. The summed E-state index contributed by atoms with van der Waals surface area (Å²) >= 11 is 0. The first-order chi connectivity index (χ1) is 17.9. The number of methoxy groups -OCH3 is 1. The van der Waals surface area contributed by atoms with Crippen molar-refractivity contribution in [1.29, 1.82) is 0 Å². The molecule has 37 heavy (non-hydrogen) atoms. The van der Waals surface area contributed by atoms with Gasteiger partial charge in [-0.05, 0) is 48.9 Å². The Morgan fingerprint density at radius 3 is 2.46 bits per heavy atom. The van der Waals surface area contributed by atoms with Crippen molar-refractivity contribution >= 4 is 29.0 Å². The van der Waals surface area contributed by atoms with E-state index < -0.39 is 0 Å². The van der Waals surface area contributed by atoms with E-state index in [9.17, 15) is 4.39 Å². The summed E-state index contributed by atoms with van der Waals surface area (Å²) in [5.41, 5.74) is 2.90. The number of piperidine rings is 1. The van der Waals surface area contributed by atoms with Gasteiger partial charge in [0, 0.05) is 55.5 Å². The van der Waals surface area contributed by atoms with Gasteiger partial charge in [-0.1, -0.05) is 13.8 Å². The number of aromatic nitrogens is 4. The highest BCUT2D eigenvalue weighted by atomic mass is 19.1. The standard InChI is InChI=1S/C27H33FN8O/c1-27(2)15-36(19-9-7-18(28)8-10-19)25-22(27)24(29-3)32-26(33-25)31-23-16-5-6-17(23)14-35(13-16)20-11-21(37-4)34-30-12-20/h7-12,16-17,23H,5-6,13-15H2,1-4H3,(H2,29,31,32,33)/t16-,17+,23-. The molecular weight excluding hydrogens is 471 g/mol. The number of hydrogen-bond acceptors (Lipinski definition) is 9. The number of nitrogens with one attached hydrogen (secondary N) is 2. The highest BCUT2D eigenvalue weighted by molar-refractivity contribution is 5.75. The molecule has 10 heteroatoms. The third kappa shape index (κ3) is 4.18. The molecule has 0 radical (unpaired) electrons. The molecule has 9 nitrogen and oxygen atoms in total. The van der Waals surface area contributed by atoms with Crippen LogP contribution in [0.1, 0.15) is 32.3 Å². The molecule has 4 heterocycles. The third-order valence-corrected chi connectivity index (χ3v) is 8.07. The average Bonchev–Trinajstić information content (AvgIpc) is 3.29. The van der Waals surface area contributed by atoms with Crippen LogP contribution < -0.4 is 25.2 Å². The van der Waals surface area contributed by atoms with Gasteiger partial charge in [0.05, 0.1) is 19.0 Å². The number of fused-ring (bicyclic) bond motifs is 3. The van der Waals surface area contributed by atoms with Gasteiger partial charge in [0.25, 0.3) is 0 Å². The molecule has 2 bridgehead atoms. The molecule has 0 spiro atoms. The highest BCUT2D eigenvalue weighted by Crippen LogP contribution is 2.47. The van der Waals surface area contributed by atoms with Crippen molar-refractivity contribution < 1.29 is 9.13 Å². The van der Waals surface area contributed by atoms with E-state index in [1.54, 1.807) is 7.11 Å². The molecule has 2 aliphatic heterocycles. The molecule has 1 aliphatic carbocycles. The monoisotopic (exact) mass is 504 g/mol. The number of nitrogens with zero attached hydrogens (tertiary/aromatic N) is 6. The maximum absolute atomic E-state index is 13.6. The van der Waals surface area contributed by atoms with Crippen molar-refractivity contribution in [2.75, 3.05) is 54.2 Å². The Kier molecular flexibility index (Phi) is 5.77. The van der Waals surface area contributed by atoms with Crippen molar-refractivity contribution in [3.63, 3.8) is 0 Å². The van der Waals surface area contributed by atoms with Gasteiger partial charge in [-0.2, -0.15) is 15.1 Å². The maximum atomic E-state index is 13.6. The second-order valence-corrected chi connectivity index (χ2v) is 10.9. The fourth-order valence-electron chi connectivity index (χ4n) is 6.33. The molecule has 1 aromatic carbocycles. The van der Waals surface area contributed by atoms with Crippen LogP contribution in [-0.2, 0) is 5.41 Å². The van der Waals surface area contributed by atoms with E-state index in [1.807, 2.05) is 31.4 Å². The maximum Gasteiger partial charge on any atom is 0.235 e. The Morgan fingerprint density at radius 1 is 1.05 bits per heavy atom. The number of benzene rings is 1. The van der Waals surface area contributed by atoms with Gasteiger partial charge < -0.3 is 25.2 Å². The lowest BCUT2D eigenvalue weighted by atomic mass is 9.88. The van der Waals surface area contributed by atoms with E-state index in [-0.39, 0.29) is 11.2 Å². The second kappa shape index (κ2) is 9.00. The number of rotatable bonds is 6. The van der Waals surface area contributed by atoms with Crippen molar-refractivity contribution in [2.45, 2.75) is 38.1 Å². The van der Waals surface area contributed by atoms with E-state index in [1.165, 1.54) is 12.1 Å².